The topological polar surface area (TPSA) is 38.3 Å². The van der Waals surface area contributed by atoms with Gasteiger partial charge >= 0.3 is 0 Å². The van der Waals surface area contributed by atoms with E-state index < -0.39 is 5.82 Å². The second-order valence-corrected chi connectivity index (χ2v) is 5.74. The van der Waals surface area contributed by atoms with Gasteiger partial charge in [0.05, 0.1) is 11.0 Å². The SMILES string of the molecule is O=C(NCC1Cc2ccccc2O1)c1ccc(Br)c(F)c1. The lowest BCUT2D eigenvalue weighted by Crippen LogP contribution is -2.34. The summed E-state index contributed by atoms with van der Waals surface area (Å²) in [5.74, 6) is 0.111. The van der Waals surface area contributed by atoms with E-state index in [2.05, 4.69) is 21.2 Å². The molecule has 0 saturated carbocycles. The molecule has 2 aromatic rings. The van der Waals surface area contributed by atoms with Gasteiger partial charge in [-0.25, -0.2) is 4.39 Å². The normalized spacial score (nSPS) is 16.2. The molecule has 1 unspecified atom stereocenters. The van der Waals surface area contributed by atoms with E-state index in [4.69, 9.17) is 4.74 Å². The smallest absolute Gasteiger partial charge is 0.251 e. The fourth-order valence-electron chi connectivity index (χ4n) is 2.31. The largest absolute Gasteiger partial charge is 0.488 e. The second-order valence-electron chi connectivity index (χ2n) is 4.89. The van der Waals surface area contributed by atoms with Gasteiger partial charge < -0.3 is 10.1 Å². The Morgan fingerprint density at radius 2 is 2.14 bits per heavy atom. The van der Waals surface area contributed by atoms with E-state index in [0.29, 0.717) is 16.6 Å². The quantitative estimate of drug-likeness (QED) is 0.922. The number of hydrogen-bond acceptors (Lipinski definition) is 2. The number of fused-ring (bicyclic) bond motifs is 1. The predicted octanol–water partition coefficient (Wildman–Crippen LogP) is 3.32. The van der Waals surface area contributed by atoms with Gasteiger partial charge in [-0.2, -0.15) is 0 Å². The monoisotopic (exact) mass is 349 g/mol. The van der Waals surface area contributed by atoms with Crippen molar-refractivity contribution in [3.8, 4) is 5.75 Å². The molecule has 1 atom stereocenters. The van der Waals surface area contributed by atoms with Gasteiger partial charge in [0.15, 0.2) is 0 Å². The number of ether oxygens (including phenoxy) is 1. The number of carbonyl (C=O) groups is 1. The maximum atomic E-state index is 13.4. The van der Waals surface area contributed by atoms with Crippen LogP contribution in [0.5, 0.6) is 5.75 Å². The summed E-state index contributed by atoms with van der Waals surface area (Å²) in [6, 6.07) is 12.1. The van der Waals surface area contributed by atoms with Crippen LogP contribution < -0.4 is 10.1 Å². The summed E-state index contributed by atoms with van der Waals surface area (Å²) in [5.41, 5.74) is 1.44. The van der Waals surface area contributed by atoms with Crippen LogP contribution in [0.2, 0.25) is 0 Å². The number of carbonyl (C=O) groups excluding carboxylic acids is 1. The van der Waals surface area contributed by atoms with Crippen LogP contribution in [-0.4, -0.2) is 18.6 Å². The van der Waals surface area contributed by atoms with Gasteiger partial charge in [0.1, 0.15) is 17.7 Å². The molecule has 0 saturated heterocycles. The number of amides is 1. The maximum absolute atomic E-state index is 13.4. The minimum absolute atomic E-state index is 0.0772. The molecule has 0 aliphatic carbocycles. The van der Waals surface area contributed by atoms with Crippen molar-refractivity contribution >= 4 is 21.8 Å². The summed E-state index contributed by atoms with van der Waals surface area (Å²) in [5, 5.41) is 2.78. The van der Waals surface area contributed by atoms with Crippen molar-refractivity contribution in [2.24, 2.45) is 0 Å². The zero-order valence-electron chi connectivity index (χ0n) is 11.1. The van der Waals surface area contributed by atoms with E-state index in [9.17, 15) is 9.18 Å². The van der Waals surface area contributed by atoms with Crippen LogP contribution in [-0.2, 0) is 6.42 Å². The molecule has 2 aromatic carbocycles. The number of para-hydroxylation sites is 1. The highest BCUT2D eigenvalue weighted by Crippen LogP contribution is 2.27. The third-order valence-corrected chi connectivity index (χ3v) is 4.03. The molecule has 0 fully saturated rings. The molecular formula is C16H13BrFNO2. The van der Waals surface area contributed by atoms with Gasteiger partial charge in [0, 0.05) is 12.0 Å². The van der Waals surface area contributed by atoms with Crippen molar-refractivity contribution in [3.05, 3.63) is 63.9 Å². The van der Waals surface area contributed by atoms with Crippen molar-refractivity contribution in [2.75, 3.05) is 6.54 Å². The maximum Gasteiger partial charge on any atom is 0.251 e. The van der Waals surface area contributed by atoms with Crippen molar-refractivity contribution in [3.63, 3.8) is 0 Å². The Hall–Kier alpha value is -1.88. The van der Waals surface area contributed by atoms with Crippen molar-refractivity contribution in [1.29, 1.82) is 0 Å². The Kier molecular flexibility index (Phi) is 3.92. The Bertz CT molecular complexity index is 665. The van der Waals surface area contributed by atoms with Gasteiger partial charge in [-0.05, 0) is 45.8 Å². The van der Waals surface area contributed by atoms with Gasteiger partial charge in [0.25, 0.3) is 5.91 Å². The number of hydrogen-bond donors (Lipinski definition) is 1. The molecule has 1 heterocycles. The fourth-order valence-corrected chi connectivity index (χ4v) is 2.56. The summed E-state index contributed by atoms with van der Waals surface area (Å²) in [7, 11) is 0. The molecule has 3 nitrogen and oxygen atoms in total. The Balaban J connectivity index is 1.59. The van der Waals surface area contributed by atoms with Crippen LogP contribution in [0.15, 0.2) is 46.9 Å². The van der Waals surface area contributed by atoms with Crippen LogP contribution in [0.25, 0.3) is 0 Å². The molecular weight excluding hydrogens is 337 g/mol. The third-order valence-electron chi connectivity index (χ3n) is 3.39. The number of halogens is 2. The van der Waals surface area contributed by atoms with Crippen LogP contribution in [0, 0.1) is 5.82 Å². The second kappa shape index (κ2) is 5.85. The van der Waals surface area contributed by atoms with E-state index in [1.54, 1.807) is 6.07 Å². The first kappa shape index (κ1) is 14.1. The van der Waals surface area contributed by atoms with Crippen molar-refractivity contribution in [1.82, 2.24) is 5.32 Å². The fraction of sp³-hybridized carbons (Fsp3) is 0.188. The third kappa shape index (κ3) is 3.08. The van der Waals surface area contributed by atoms with Crippen LogP contribution in [0.4, 0.5) is 4.39 Å². The van der Waals surface area contributed by atoms with E-state index in [-0.39, 0.29) is 12.0 Å². The lowest BCUT2D eigenvalue weighted by atomic mass is 10.1. The van der Waals surface area contributed by atoms with Gasteiger partial charge in [-0.15, -0.1) is 0 Å². The molecule has 21 heavy (non-hydrogen) atoms. The Morgan fingerprint density at radius 1 is 1.33 bits per heavy atom. The van der Waals surface area contributed by atoms with Crippen molar-refractivity contribution < 1.29 is 13.9 Å². The minimum Gasteiger partial charge on any atom is -0.488 e. The van der Waals surface area contributed by atoms with Crippen LogP contribution in [0.1, 0.15) is 15.9 Å². The minimum atomic E-state index is -0.452. The summed E-state index contributed by atoms with van der Waals surface area (Å²) in [4.78, 5) is 12.0. The molecule has 0 radical (unpaired) electrons. The molecule has 5 heteroatoms. The number of rotatable bonds is 3. The van der Waals surface area contributed by atoms with E-state index in [0.717, 1.165) is 17.7 Å². The first-order valence-corrected chi connectivity index (χ1v) is 7.40. The average molecular weight is 350 g/mol. The van der Waals surface area contributed by atoms with E-state index in [1.807, 2.05) is 24.3 Å². The molecule has 0 spiro atoms. The summed E-state index contributed by atoms with van der Waals surface area (Å²) < 4.78 is 19.5. The van der Waals surface area contributed by atoms with E-state index >= 15 is 0 Å². The molecule has 108 valence electrons. The first-order chi connectivity index (χ1) is 10.1. The van der Waals surface area contributed by atoms with Gasteiger partial charge in [0.2, 0.25) is 0 Å². The summed E-state index contributed by atoms with van der Waals surface area (Å²) in [6.07, 6.45) is 0.692. The highest BCUT2D eigenvalue weighted by Gasteiger charge is 2.22. The number of benzene rings is 2. The lowest BCUT2D eigenvalue weighted by Gasteiger charge is -2.12. The highest BCUT2D eigenvalue weighted by atomic mass is 79.9. The molecule has 3 rings (SSSR count). The molecule has 1 N–H and O–H groups in total. The Labute approximate surface area is 130 Å². The molecule has 1 amide bonds. The van der Waals surface area contributed by atoms with E-state index in [1.165, 1.54) is 12.1 Å². The predicted molar refractivity (Wildman–Crippen MR) is 81.0 cm³/mol. The zero-order valence-corrected chi connectivity index (χ0v) is 12.7. The van der Waals surface area contributed by atoms with Gasteiger partial charge in [-0.3, -0.25) is 4.79 Å². The van der Waals surface area contributed by atoms with Gasteiger partial charge in [-0.1, -0.05) is 18.2 Å². The summed E-state index contributed by atoms with van der Waals surface area (Å²) >= 11 is 3.06. The van der Waals surface area contributed by atoms with Crippen LogP contribution in [0.3, 0.4) is 0 Å². The molecule has 0 bridgehead atoms. The van der Waals surface area contributed by atoms with Crippen LogP contribution >= 0.6 is 15.9 Å². The highest BCUT2D eigenvalue weighted by molar-refractivity contribution is 9.10. The molecule has 1 aliphatic rings. The Morgan fingerprint density at radius 3 is 2.90 bits per heavy atom. The van der Waals surface area contributed by atoms with Crippen molar-refractivity contribution in [2.45, 2.75) is 12.5 Å². The standard InChI is InChI=1S/C16H13BrFNO2/c17-13-6-5-11(8-14(13)18)16(20)19-9-12-7-10-3-1-2-4-15(10)21-12/h1-6,8,12H,7,9H2,(H,19,20). The lowest BCUT2D eigenvalue weighted by molar-refractivity contribution is 0.0933. The first-order valence-electron chi connectivity index (χ1n) is 6.61. The zero-order chi connectivity index (χ0) is 14.8. The number of nitrogens with one attached hydrogen (secondary N) is 1. The molecule has 0 aromatic heterocycles. The molecule has 1 aliphatic heterocycles. The summed E-state index contributed by atoms with van der Waals surface area (Å²) in [6.45, 7) is 0.394. The average Bonchev–Trinajstić information content (AvgIpc) is 2.90.